The van der Waals surface area contributed by atoms with Crippen LogP contribution in [0.25, 0.3) is 10.9 Å². The van der Waals surface area contributed by atoms with Gasteiger partial charge in [0.05, 0.1) is 11.2 Å². The van der Waals surface area contributed by atoms with Crippen molar-refractivity contribution in [2.75, 3.05) is 32.5 Å². The third kappa shape index (κ3) is 4.40. The molecule has 1 aliphatic heterocycles. The zero-order chi connectivity index (χ0) is 14.8. The van der Waals surface area contributed by atoms with Gasteiger partial charge in [-0.05, 0) is 64.0 Å². The minimum Gasteiger partial charge on any atom is -0.384 e. The lowest BCUT2D eigenvalue weighted by Gasteiger charge is -2.19. The van der Waals surface area contributed by atoms with Crippen molar-refractivity contribution in [3.8, 4) is 0 Å². The smallest absolute Gasteiger partial charge is 0.253 e. The third-order valence-corrected chi connectivity index (χ3v) is 4.15. The summed E-state index contributed by atoms with van der Waals surface area (Å²) in [5, 5.41) is 4.58. The summed E-state index contributed by atoms with van der Waals surface area (Å²) in [6.45, 7) is 2.05. The Hall–Kier alpha value is -1.23. The fourth-order valence-electron chi connectivity index (χ4n) is 3.06. The van der Waals surface area contributed by atoms with Crippen molar-refractivity contribution in [1.29, 1.82) is 0 Å². The second kappa shape index (κ2) is 8.57. The van der Waals surface area contributed by atoms with E-state index in [0.29, 0.717) is 0 Å². The molecule has 0 bridgehead atoms. The van der Waals surface area contributed by atoms with Gasteiger partial charge in [-0.25, -0.2) is 0 Å². The van der Waals surface area contributed by atoms with E-state index in [2.05, 4.69) is 41.4 Å². The number of nitrogens with one attached hydrogen (secondary N) is 2. The maximum atomic E-state index is 12.1. The Morgan fingerprint density at radius 2 is 2.00 bits per heavy atom. The summed E-state index contributed by atoms with van der Waals surface area (Å²) < 4.78 is 0. The highest BCUT2D eigenvalue weighted by Gasteiger charge is 2.16. The molecule has 1 aromatic carbocycles. The summed E-state index contributed by atoms with van der Waals surface area (Å²) >= 11 is 0. The van der Waals surface area contributed by atoms with Crippen molar-refractivity contribution in [3.05, 3.63) is 39.7 Å². The van der Waals surface area contributed by atoms with Crippen molar-refractivity contribution in [3.63, 3.8) is 0 Å². The first kappa shape index (κ1) is 19.8. The quantitative estimate of drug-likeness (QED) is 0.882. The lowest BCUT2D eigenvalue weighted by Crippen LogP contribution is -2.22. The largest absolute Gasteiger partial charge is 0.384 e. The van der Waals surface area contributed by atoms with Crippen molar-refractivity contribution in [1.82, 2.24) is 9.88 Å². The molecule has 23 heavy (non-hydrogen) atoms. The van der Waals surface area contributed by atoms with E-state index in [4.69, 9.17) is 0 Å². The molecule has 2 N–H and O–H groups in total. The fraction of sp³-hybridized carbons (Fsp3) is 0.471. The number of halogens is 2. The third-order valence-electron chi connectivity index (χ3n) is 4.15. The number of anilines is 1. The number of hydrogen-bond acceptors (Lipinski definition) is 3. The number of aromatic nitrogens is 1. The monoisotopic (exact) mass is 357 g/mol. The van der Waals surface area contributed by atoms with Crippen LogP contribution in [0.3, 0.4) is 0 Å². The number of rotatable bonds is 4. The van der Waals surface area contributed by atoms with Gasteiger partial charge in [0.1, 0.15) is 0 Å². The Kier molecular flexibility index (Phi) is 7.39. The molecular weight excluding hydrogens is 333 g/mol. The predicted octanol–water partition coefficient (Wildman–Crippen LogP) is 3.22. The van der Waals surface area contributed by atoms with E-state index < -0.39 is 0 Å². The number of aromatic amines is 1. The molecule has 0 unspecified atom stereocenters. The van der Waals surface area contributed by atoms with Gasteiger partial charge in [0, 0.05) is 17.5 Å². The summed E-state index contributed by atoms with van der Waals surface area (Å²) in [6.07, 6.45) is 4.13. The summed E-state index contributed by atoms with van der Waals surface area (Å²) in [5.41, 5.74) is 4.30. The number of fused-ring (bicyclic) bond motifs is 3. The van der Waals surface area contributed by atoms with Gasteiger partial charge in [-0.1, -0.05) is 6.07 Å². The minimum atomic E-state index is 0. The highest BCUT2D eigenvalue weighted by atomic mass is 35.5. The maximum absolute atomic E-state index is 12.1. The summed E-state index contributed by atoms with van der Waals surface area (Å²) in [7, 11) is 4.21. The van der Waals surface area contributed by atoms with E-state index in [1.54, 1.807) is 0 Å². The molecular formula is C17H25Cl2N3O. The lowest BCUT2D eigenvalue weighted by molar-refractivity contribution is 0.400. The first-order valence-corrected chi connectivity index (χ1v) is 7.71. The van der Waals surface area contributed by atoms with Crippen LogP contribution in [0.15, 0.2) is 23.0 Å². The van der Waals surface area contributed by atoms with Crippen LogP contribution >= 0.6 is 24.8 Å². The highest BCUT2D eigenvalue weighted by molar-refractivity contribution is 5.93. The summed E-state index contributed by atoms with van der Waals surface area (Å²) in [5.74, 6) is 0. The molecule has 2 aromatic rings. The number of benzene rings is 1. The molecule has 128 valence electrons. The van der Waals surface area contributed by atoms with E-state index in [1.165, 1.54) is 5.56 Å². The Morgan fingerprint density at radius 1 is 1.22 bits per heavy atom. The van der Waals surface area contributed by atoms with Crippen LogP contribution in [0, 0.1) is 0 Å². The lowest BCUT2D eigenvalue weighted by atomic mass is 9.99. The Bertz CT molecular complexity index is 713. The second-order valence-corrected chi connectivity index (χ2v) is 6.12. The normalized spacial score (nSPS) is 13.0. The standard InChI is InChI=1S/C17H23N3O.2ClH/c1-20(2)10-4-5-12-7-8-15-14(11-12)16-13(17(21)19-15)6-3-9-18-16;;/h7-8,11,18H,3-6,9-10H2,1-2H3,(H,19,21);2*1H. The average molecular weight is 358 g/mol. The molecule has 0 amide bonds. The predicted molar refractivity (Wildman–Crippen MR) is 103 cm³/mol. The van der Waals surface area contributed by atoms with Crippen LogP contribution in [0.1, 0.15) is 24.0 Å². The van der Waals surface area contributed by atoms with Gasteiger partial charge in [0.2, 0.25) is 0 Å². The van der Waals surface area contributed by atoms with E-state index in [1.807, 2.05) is 6.07 Å². The van der Waals surface area contributed by atoms with Gasteiger partial charge in [0.15, 0.2) is 0 Å². The minimum absolute atomic E-state index is 0. The van der Waals surface area contributed by atoms with Crippen LogP contribution in [0.4, 0.5) is 5.69 Å². The molecule has 3 rings (SSSR count). The molecule has 0 atom stereocenters. The molecule has 6 heteroatoms. The van der Waals surface area contributed by atoms with Crippen molar-refractivity contribution < 1.29 is 0 Å². The van der Waals surface area contributed by atoms with E-state index in [0.717, 1.165) is 60.9 Å². The summed E-state index contributed by atoms with van der Waals surface area (Å²) in [4.78, 5) is 17.3. The summed E-state index contributed by atoms with van der Waals surface area (Å²) in [6, 6.07) is 6.40. The topological polar surface area (TPSA) is 48.1 Å². The number of aryl methyl sites for hydroxylation is 1. The van der Waals surface area contributed by atoms with Crippen LogP contribution in [0.5, 0.6) is 0 Å². The van der Waals surface area contributed by atoms with Crippen molar-refractivity contribution in [2.24, 2.45) is 0 Å². The van der Waals surface area contributed by atoms with Crippen molar-refractivity contribution in [2.45, 2.75) is 25.7 Å². The average Bonchev–Trinajstić information content (AvgIpc) is 2.48. The maximum Gasteiger partial charge on any atom is 0.253 e. The molecule has 0 spiro atoms. The Balaban J connectivity index is 0.00000132. The Morgan fingerprint density at radius 3 is 2.74 bits per heavy atom. The van der Waals surface area contributed by atoms with Gasteiger partial charge >= 0.3 is 0 Å². The van der Waals surface area contributed by atoms with Crippen LogP contribution in [0.2, 0.25) is 0 Å². The molecule has 0 aliphatic carbocycles. The number of nitrogens with zero attached hydrogens (tertiary/aromatic N) is 1. The molecule has 2 heterocycles. The van der Waals surface area contributed by atoms with Gasteiger partial charge in [-0.15, -0.1) is 24.8 Å². The molecule has 0 saturated heterocycles. The number of H-pyrrole nitrogens is 1. The van der Waals surface area contributed by atoms with E-state index in [-0.39, 0.29) is 30.4 Å². The van der Waals surface area contributed by atoms with Crippen molar-refractivity contribution >= 4 is 41.4 Å². The molecule has 0 saturated carbocycles. The van der Waals surface area contributed by atoms with Crippen LogP contribution in [-0.2, 0) is 12.8 Å². The van der Waals surface area contributed by atoms with Gasteiger partial charge in [0.25, 0.3) is 5.56 Å². The second-order valence-electron chi connectivity index (χ2n) is 6.12. The molecule has 1 aliphatic rings. The highest BCUT2D eigenvalue weighted by Crippen LogP contribution is 2.28. The number of hydrogen-bond donors (Lipinski definition) is 2. The first-order valence-electron chi connectivity index (χ1n) is 7.71. The van der Waals surface area contributed by atoms with Crippen LogP contribution in [-0.4, -0.2) is 37.1 Å². The van der Waals surface area contributed by atoms with Gasteiger partial charge in [-0.3, -0.25) is 4.79 Å². The van der Waals surface area contributed by atoms with E-state index >= 15 is 0 Å². The van der Waals surface area contributed by atoms with Crippen LogP contribution < -0.4 is 10.9 Å². The molecule has 0 fully saturated rings. The SMILES string of the molecule is CN(C)CCCc1ccc2[nH]c(=O)c3c(c2c1)NCCC3.Cl.Cl. The number of pyridine rings is 1. The molecule has 0 radical (unpaired) electrons. The van der Waals surface area contributed by atoms with E-state index in [9.17, 15) is 4.79 Å². The first-order chi connectivity index (χ1) is 10.1. The zero-order valence-corrected chi connectivity index (χ0v) is 15.3. The fourth-order valence-corrected chi connectivity index (χ4v) is 3.06. The Labute approximate surface area is 149 Å². The molecule has 1 aromatic heterocycles. The zero-order valence-electron chi connectivity index (χ0n) is 13.6. The van der Waals surface area contributed by atoms with Gasteiger partial charge < -0.3 is 15.2 Å². The van der Waals surface area contributed by atoms with Gasteiger partial charge in [-0.2, -0.15) is 0 Å². The molecule has 4 nitrogen and oxygen atoms in total.